The number of halogens is 5. The van der Waals surface area contributed by atoms with Crippen molar-refractivity contribution in [2.75, 3.05) is 26.4 Å². The van der Waals surface area contributed by atoms with Crippen molar-refractivity contribution in [2.45, 2.75) is 68.5 Å². The molecule has 12 heteroatoms. The van der Waals surface area contributed by atoms with Gasteiger partial charge < -0.3 is 19.1 Å². The molecule has 1 amide bonds. The van der Waals surface area contributed by atoms with E-state index in [0.29, 0.717) is 44.9 Å². The molecule has 0 N–H and O–H groups in total. The fourth-order valence-electron chi connectivity index (χ4n) is 6.74. The van der Waals surface area contributed by atoms with Crippen LogP contribution < -0.4 is 4.74 Å². The highest BCUT2D eigenvalue weighted by Crippen LogP contribution is 2.49. The molecule has 0 spiro atoms. The maximum Gasteiger partial charge on any atom is 0.416 e. The van der Waals surface area contributed by atoms with Crippen molar-refractivity contribution in [3.05, 3.63) is 64.7 Å². The van der Waals surface area contributed by atoms with Gasteiger partial charge >= 0.3 is 6.18 Å². The third-order valence-electron chi connectivity index (χ3n) is 9.08. The zero-order valence-electron chi connectivity index (χ0n) is 22.7. The first-order chi connectivity index (χ1) is 20.1. The summed E-state index contributed by atoms with van der Waals surface area (Å²) in [7, 11) is 0. The van der Waals surface area contributed by atoms with Gasteiger partial charge in [0, 0.05) is 24.1 Å². The van der Waals surface area contributed by atoms with Crippen LogP contribution in [0.25, 0.3) is 0 Å². The third-order valence-corrected chi connectivity index (χ3v) is 9.08. The Morgan fingerprint density at radius 3 is 2.48 bits per heavy atom. The number of hydrogen-bond acceptors (Lipinski definition) is 6. The summed E-state index contributed by atoms with van der Waals surface area (Å²) < 4.78 is 85.0. The van der Waals surface area contributed by atoms with Gasteiger partial charge in [-0.1, -0.05) is 12.1 Å². The Morgan fingerprint density at radius 2 is 1.83 bits per heavy atom. The first-order valence-electron chi connectivity index (χ1n) is 14.1. The minimum absolute atomic E-state index is 0.0130. The van der Waals surface area contributed by atoms with Crippen molar-refractivity contribution in [1.29, 1.82) is 0 Å². The number of ether oxygens (including phenoxy) is 3. The monoisotopic (exact) mass is 594 g/mol. The third kappa shape index (κ3) is 5.46. The number of piperidine rings is 1. The highest BCUT2D eigenvalue weighted by atomic mass is 19.4. The molecule has 226 valence electrons. The molecule has 1 saturated carbocycles. The molecule has 42 heavy (non-hydrogen) atoms. The molecule has 0 bridgehead atoms. The summed E-state index contributed by atoms with van der Waals surface area (Å²) in [6, 6.07) is 7.39. The van der Waals surface area contributed by atoms with Crippen LogP contribution in [0.3, 0.4) is 0 Å². The molecule has 6 rings (SSSR count). The Balaban J connectivity index is 1.13. The van der Waals surface area contributed by atoms with Gasteiger partial charge in [-0.3, -0.25) is 14.5 Å². The van der Waals surface area contributed by atoms with Crippen molar-refractivity contribution in [2.24, 2.45) is 5.92 Å². The average Bonchev–Trinajstić information content (AvgIpc) is 3.83. The van der Waals surface area contributed by atoms with E-state index in [1.54, 1.807) is 12.1 Å². The van der Waals surface area contributed by atoms with Gasteiger partial charge in [-0.05, 0) is 74.4 Å². The fourth-order valence-corrected chi connectivity index (χ4v) is 6.74. The van der Waals surface area contributed by atoms with Gasteiger partial charge in [-0.2, -0.15) is 13.2 Å². The van der Waals surface area contributed by atoms with Crippen molar-refractivity contribution < 1.29 is 45.8 Å². The van der Waals surface area contributed by atoms with Crippen LogP contribution in [0.5, 0.6) is 5.75 Å². The summed E-state index contributed by atoms with van der Waals surface area (Å²) in [5.74, 6) is -2.16. The Kier molecular flexibility index (Phi) is 7.63. The number of carbonyl (C=O) groups excluding carboxylic acids is 2. The fraction of sp³-hybridized carbons (Fsp3) is 0.533. The normalized spacial score (nSPS) is 28.5. The van der Waals surface area contributed by atoms with E-state index in [2.05, 4.69) is 4.90 Å². The molecule has 4 atom stereocenters. The number of alkyl halides is 3. The molecule has 0 unspecified atom stereocenters. The van der Waals surface area contributed by atoms with Crippen LogP contribution in [0.1, 0.15) is 54.7 Å². The predicted molar refractivity (Wildman–Crippen MR) is 138 cm³/mol. The molecule has 7 nitrogen and oxygen atoms in total. The lowest BCUT2D eigenvalue weighted by molar-refractivity contribution is -0.181. The lowest BCUT2D eigenvalue weighted by atomic mass is 9.83. The van der Waals surface area contributed by atoms with Crippen LogP contribution >= 0.6 is 0 Å². The van der Waals surface area contributed by atoms with Gasteiger partial charge in [0.1, 0.15) is 17.5 Å². The van der Waals surface area contributed by atoms with Crippen molar-refractivity contribution >= 4 is 12.4 Å². The van der Waals surface area contributed by atoms with E-state index in [4.69, 9.17) is 14.2 Å². The first-order valence-corrected chi connectivity index (χ1v) is 14.1. The zero-order chi connectivity index (χ0) is 29.6. The molecule has 2 aromatic rings. The van der Waals surface area contributed by atoms with Crippen LogP contribution in [0.15, 0.2) is 36.4 Å². The SMILES string of the molecule is O=CO[C@@H]1CN([C@@H]2CC[C@@](C(=O)N3COc4c(F)cc(C(F)(F)F)cc4C3)(C3CC3)OC2)CC[C@H]1c1ccc(F)cc1. The van der Waals surface area contributed by atoms with E-state index in [0.717, 1.165) is 24.5 Å². The largest absolute Gasteiger partial charge is 0.470 e. The maximum absolute atomic E-state index is 14.4. The topological polar surface area (TPSA) is 68.3 Å². The second-order valence-corrected chi connectivity index (χ2v) is 11.6. The van der Waals surface area contributed by atoms with E-state index in [-0.39, 0.29) is 60.8 Å². The van der Waals surface area contributed by atoms with Gasteiger partial charge in [0.15, 0.2) is 18.3 Å². The number of carbonyl (C=O) groups is 2. The van der Waals surface area contributed by atoms with Gasteiger partial charge in [0.2, 0.25) is 0 Å². The van der Waals surface area contributed by atoms with E-state index in [9.17, 15) is 31.5 Å². The molecular formula is C30H31F5N2O5. The summed E-state index contributed by atoms with van der Waals surface area (Å²) in [6.07, 6.45) is -1.82. The number of fused-ring (bicyclic) bond motifs is 1. The van der Waals surface area contributed by atoms with Gasteiger partial charge in [0.25, 0.3) is 12.4 Å². The second-order valence-electron chi connectivity index (χ2n) is 11.6. The molecule has 0 radical (unpaired) electrons. The smallest absolute Gasteiger partial charge is 0.416 e. The summed E-state index contributed by atoms with van der Waals surface area (Å²) in [5, 5.41) is 0. The van der Waals surface area contributed by atoms with Crippen molar-refractivity contribution in [3.8, 4) is 5.75 Å². The maximum atomic E-state index is 14.4. The quantitative estimate of drug-likeness (QED) is 0.346. The average molecular weight is 595 g/mol. The highest BCUT2D eigenvalue weighted by Gasteiger charge is 2.56. The Morgan fingerprint density at radius 1 is 1.07 bits per heavy atom. The zero-order valence-corrected chi connectivity index (χ0v) is 22.7. The van der Waals surface area contributed by atoms with Crippen LogP contribution in [-0.4, -0.2) is 66.4 Å². The second kappa shape index (κ2) is 11.1. The van der Waals surface area contributed by atoms with E-state index in [1.807, 2.05) is 0 Å². The molecule has 1 aliphatic carbocycles. The molecule has 2 saturated heterocycles. The number of hydrogen-bond donors (Lipinski definition) is 0. The van der Waals surface area contributed by atoms with Gasteiger partial charge in [-0.15, -0.1) is 0 Å². The van der Waals surface area contributed by atoms with E-state index >= 15 is 0 Å². The molecular weight excluding hydrogens is 563 g/mol. The summed E-state index contributed by atoms with van der Waals surface area (Å²) >= 11 is 0. The standard InChI is InChI=1S/C30H31F5N2O5/c31-22-5-1-18(2-6-22)24-8-10-36(14-26(24)41-17-38)23-7-9-29(42-15-23,20-3-4-20)28(39)37-13-19-11-21(30(33,34)35)12-25(32)27(19)40-16-37/h1-2,5-6,11-12,17,20,23-24,26H,3-4,7-10,13-16H2/t23-,24+,26-,29+/m1/s1. The van der Waals surface area contributed by atoms with Crippen LogP contribution in [0, 0.1) is 17.6 Å². The number of likely N-dealkylation sites (tertiary alicyclic amines) is 1. The van der Waals surface area contributed by atoms with Crippen LogP contribution in [0.2, 0.25) is 0 Å². The minimum Gasteiger partial charge on any atom is -0.470 e. The number of nitrogens with zero attached hydrogens (tertiary/aromatic N) is 2. The van der Waals surface area contributed by atoms with Gasteiger partial charge in [-0.25, -0.2) is 8.78 Å². The summed E-state index contributed by atoms with van der Waals surface area (Å²) in [6.45, 7) is 1.36. The molecule has 3 heterocycles. The molecule has 0 aromatic heterocycles. The highest BCUT2D eigenvalue weighted by molar-refractivity contribution is 5.86. The lowest BCUT2D eigenvalue weighted by Gasteiger charge is -2.47. The molecule has 3 aliphatic heterocycles. The Labute approximate surface area is 239 Å². The number of rotatable bonds is 6. The minimum atomic E-state index is -4.73. The van der Waals surface area contributed by atoms with Crippen LogP contribution in [0.4, 0.5) is 22.0 Å². The lowest BCUT2D eigenvalue weighted by Crippen LogP contribution is -2.59. The molecule has 3 fully saturated rings. The Bertz CT molecular complexity index is 1320. The van der Waals surface area contributed by atoms with Crippen LogP contribution in [-0.2, 0) is 31.8 Å². The summed E-state index contributed by atoms with van der Waals surface area (Å²) in [5.41, 5.74) is -1.39. The molecule has 2 aromatic carbocycles. The van der Waals surface area contributed by atoms with E-state index in [1.165, 1.54) is 17.0 Å². The van der Waals surface area contributed by atoms with Crippen molar-refractivity contribution in [1.82, 2.24) is 9.80 Å². The summed E-state index contributed by atoms with van der Waals surface area (Å²) in [4.78, 5) is 28.7. The predicted octanol–water partition coefficient (Wildman–Crippen LogP) is 5.02. The first kappa shape index (κ1) is 28.9. The molecule has 4 aliphatic rings. The number of amides is 1. The number of benzene rings is 2. The van der Waals surface area contributed by atoms with Gasteiger partial charge in [0.05, 0.1) is 18.7 Å². The van der Waals surface area contributed by atoms with E-state index < -0.39 is 29.3 Å². The Hall–Kier alpha value is -3.25. The van der Waals surface area contributed by atoms with Crippen molar-refractivity contribution in [3.63, 3.8) is 0 Å².